The maximum absolute atomic E-state index is 13.6. The number of nitrogens with zero attached hydrogens (tertiary/aromatic N) is 2. The first kappa shape index (κ1) is 19.7. The van der Waals surface area contributed by atoms with Crippen LogP contribution in [0, 0.1) is 5.82 Å². The topological polar surface area (TPSA) is 52.7 Å². The van der Waals surface area contributed by atoms with Crippen molar-refractivity contribution in [1.29, 1.82) is 0 Å². The zero-order valence-corrected chi connectivity index (χ0v) is 15.9. The number of hydrogen-bond acceptors (Lipinski definition) is 4. The Kier molecular flexibility index (Phi) is 6.84. The standard InChI is InChI=1S/C18H26FN3O2S/c1-18(2,3)20-16(23)12-21-8-10-22(11-9-21)17(24)13-25-15-7-5-4-6-14(15)19/h4-7H,8-13H2,1-3H3,(H,20,23). The van der Waals surface area contributed by atoms with Crippen molar-refractivity contribution in [2.75, 3.05) is 38.5 Å². The van der Waals surface area contributed by atoms with Crippen LogP contribution in [0.3, 0.4) is 0 Å². The monoisotopic (exact) mass is 367 g/mol. The van der Waals surface area contributed by atoms with Crippen LogP contribution in [0.4, 0.5) is 4.39 Å². The first-order valence-electron chi connectivity index (χ1n) is 8.43. The van der Waals surface area contributed by atoms with Gasteiger partial charge in [0.2, 0.25) is 11.8 Å². The van der Waals surface area contributed by atoms with Gasteiger partial charge in [-0.1, -0.05) is 12.1 Å². The summed E-state index contributed by atoms with van der Waals surface area (Å²) in [5.74, 6) is -0.0600. The maximum atomic E-state index is 13.6. The molecule has 1 aliphatic rings. The number of amides is 2. The number of nitrogens with one attached hydrogen (secondary N) is 1. The Labute approximate surface area is 152 Å². The van der Waals surface area contributed by atoms with Crippen molar-refractivity contribution in [2.45, 2.75) is 31.2 Å². The van der Waals surface area contributed by atoms with Gasteiger partial charge in [-0.05, 0) is 32.9 Å². The third kappa shape index (κ3) is 6.66. The van der Waals surface area contributed by atoms with Gasteiger partial charge in [0.25, 0.3) is 0 Å². The van der Waals surface area contributed by atoms with Crippen molar-refractivity contribution in [3.05, 3.63) is 30.1 Å². The summed E-state index contributed by atoms with van der Waals surface area (Å²) < 4.78 is 13.6. The molecule has 7 heteroatoms. The molecule has 5 nitrogen and oxygen atoms in total. The highest BCUT2D eigenvalue weighted by Crippen LogP contribution is 2.21. The number of hydrogen-bond donors (Lipinski definition) is 1. The van der Waals surface area contributed by atoms with Crippen molar-refractivity contribution < 1.29 is 14.0 Å². The Morgan fingerprint density at radius 2 is 1.80 bits per heavy atom. The summed E-state index contributed by atoms with van der Waals surface area (Å²) in [7, 11) is 0. The lowest BCUT2D eigenvalue weighted by Crippen LogP contribution is -2.53. The lowest BCUT2D eigenvalue weighted by atomic mass is 10.1. The summed E-state index contributed by atoms with van der Waals surface area (Å²) in [6.07, 6.45) is 0. The molecule has 1 heterocycles. The molecule has 0 radical (unpaired) electrons. The largest absolute Gasteiger partial charge is 0.350 e. The molecular formula is C18H26FN3O2S. The molecular weight excluding hydrogens is 341 g/mol. The normalized spacial score (nSPS) is 15.9. The van der Waals surface area contributed by atoms with Crippen molar-refractivity contribution in [3.8, 4) is 0 Å². The van der Waals surface area contributed by atoms with Gasteiger partial charge in [-0.3, -0.25) is 14.5 Å². The highest BCUT2D eigenvalue weighted by molar-refractivity contribution is 8.00. The smallest absolute Gasteiger partial charge is 0.234 e. The molecule has 0 unspecified atom stereocenters. The van der Waals surface area contributed by atoms with Crippen molar-refractivity contribution in [2.24, 2.45) is 0 Å². The molecule has 1 N–H and O–H groups in total. The summed E-state index contributed by atoms with van der Waals surface area (Å²) in [4.78, 5) is 28.6. The summed E-state index contributed by atoms with van der Waals surface area (Å²) in [5, 5.41) is 2.94. The van der Waals surface area contributed by atoms with Crippen molar-refractivity contribution >= 4 is 23.6 Å². The molecule has 1 aromatic rings. The van der Waals surface area contributed by atoms with Crippen LogP contribution in [-0.4, -0.2) is 65.6 Å². The number of rotatable bonds is 5. The molecule has 1 aromatic carbocycles. The molecule has 1 aliphatic heterocycles. The number of halogens is 1. The Bertz CT molecular complexity index is 611. The van der Waals surface area contributed by atoms with E-state index in [-0.39, 0.29) is 28.9 Å². The van der Waals surface area contributed by atoms with Crippen LogP contribution in [0.1, 0.15) is 20.8 Å². The number of benzene rings is 1. The Hall–Kier alpha value is -1.60. The van der Waals surface area contributed by atoms with E-state index in [1.807, 2.05) is 20.8 Å². The van der Waals surface area contributed by atoms with Crippen molar-refractivity contribution in [3.63, 3.8) is 0 Å². The molecule has 0 atom stereocenters. The lowest BCUT2D eigenvalue weighted by molar-refractivity contribution is -0.130. The van der Waals surface area contributed by atoms with E-state index in [0.29, 0.717) is 37.6 Å². The molecule has 0 spiro atoms. The van der Waals surface area contributed by atoms with Crippen LogP contribution in [0.15, 0.2) is 29.2 Å². The Balaban J connectivity index is 1.73. The molecule has 0 saturated carbocycles. The molecule has 138 valence electrons. The minimum absolute atomic E-state index is 0.00221. The average Bonchev–Trinajstić information content (AvgIpc) is 2.52. The van der Waals surface area contributed by atoms with E-state index in [1.54, 1.807) is 23.1 Å². The average molecular weight is 367 g/mol. The maximum Gasteiger partial charge on any atom is 0.234 e. The van der Waals surface area contributed by atoms with Gasteiger partial charge in [0.1, 0.15) is 5.82 Å². The fourth-order valence-corrected chi connectivity index (χ4v) is 3.45. The van der Waals surface area contributed by atoms with Gasteiger partial charge in [0, 0.05) is 36.6 Å². The minimum atomic E-state index is -0.296. The molecule has 1 saturated heterocycles. The van der Waals surface area contributed by atoms with Crippen LogP contribution in [0.25, 0.3) is 0 Å². The van der Waals surface area contributed by atoms with Gasteiger partial charge in [-0.25, -0.2) is 4.39 Å². The van der Waals surface area contributed by atoms with Crippen LogP contribution in [-0.2, 0) is 9.59 Å². The molecule has 0 aliphatic carbocycles. The van der Waals surface area contributed by atoms with E-state index in [9.17, 15) is 14.0 Å². The molecule has 2 amide bonds. The number of carbonyl (C=O) groups is 2. The second-order valence-electron chi connectivity index (χ2n) is 7.17. The molecule has 0 bridgehead atoms. The quantitative estimate of drug-likeness (QED) is 0.809. The molecule has 25 heavy (non-hydrogen) atoms. The minimum Gasteiger partial charge on any atom is -0.350 e. The van der Waals surface area contributed by atoms with E-state index in [4.69, 9.17) is 0 Å². The number of carbonyl (C=O) groups excluding carboxylic acids is 2. The third-order valence-corrected chi connectivity index (χ3v) is 4.83. The summed E-state index contributed by atoms with van der Waals surface area (Å²) in [5.41, 5.74) is -0.237. The second-order valence-corrected chi connectivity index (χ2v) is 8.19. The fourth-order valence-electron chi connectivity index (χ4n) is 2.61. The van der Waals surface area contributed by atoms with E-state index in [1.165, 1.54) is 17.8 Å². The van der Waals surface area contributed by atoms with Crippen LogP contribution < -0.4 is 5.32 Å². The highest BCUT2D eigenvalue weighted by Gasteiger charge is 2.23. The van der Waals surface area contributed by atoms with Crippen molar-refractivity contribution in [1.82, 2.24) is 15.1 Å². The summed E-state index contributed by atoms with van der Waals surface area (Å²) >= 11 is 1.22. The van der Waals surface area contributed by atoms with Crippen LogP contribution in [0.2, 0.25) is 0 Å². The zero-order chi connectivity index (χ0) is 18.4. The summed E-state index contributed by atoms with van der Waals surface area (Å²) in [6, 6.07) is 6.47. The predicted octanol–water partition coefficient (Wildman–Crippen LogP) is 1.98. The Morgan fingerprint density at radius 3 is 2.40 bits per heavy atom. The van der Waals surface area contributed by atoms with Gasteiger partial charge in [-0.2, -0.15) is 0 Å². The first-order chi connectivity index (χ1) is 11.7. The van der Waals surface area contributed by atoms with Gasteiger partial charge in [0.15, 0.2) is 0 Å². The molecule has 0 aromatic heterocycles. The predicted molar refractivity (Wildman–Crippen MR) is 98.0 cm³/mol. The van der Waals surface area contributed by atoms with Gasteiger partial charge in [-0.15, -0.1) is 11.8 Å². The van der Waals surface area contributed by atoms with Crippen LogP contribution in [0.5, 0.6) is 0 Å². The lowest BCUT2D eigenvalue weighted by Gasteiger charge is -2.34. The van der Waals surface area contributed by atoms with E-state index >= 15 is 0 Å². The Morgan fingerprint density at radius 1 is 1.16 bits per heavy atom. The van der Waals surface area contributed by atoms with Crippen LogP contribution >= 0.6 is 11.8 Å². The number of thioether (sulfide) groups is 1. The van der Waals surface area contributed by atoms with E-state index in [0.717, 1.165) is 0 Å². The van der Waals surface area contributed by atoms with E-state index < -0.39 is 0 Å². The zero-order valence-electron chi connectivity index (χ0n) is 15.0. The fraction of sp³-hybridized carbons (Fsp3) is 0.556. The molecule has 2 rings (SSSR count). The highest BCUT2D eigenvalue weighted by atomic mass is 32.2. The molecule has 1 fully saturated rings. The van der Waals surface area contributed by atoms with Gasteiger partial charge >= 0.3 is 0 Å². The second kappa shape index (κ2) is 8.67. The number of piperazine rings is 1. The SMILES string of the molecule is CC(C)(C)NC(=O)CN1CCN(C(=O)CSc2ccccc2F)CC1. The first-order valence-corrected chi connectivity index (χ1v) is 9.41. The van der Waals surface area contributed by atoms with Gasteiger partial charge in [0.05, 0.1) is 12.3 Å². The van der Waals surface area contributed by atoms with Gasteiger partial charge < -0.3 is 10.2 Å². The summed E-state index contributed by atoms with van der Waals surface area (Å²) in [6.45, 7) is 8.75. The van der Waals surface area contributed by atoms with E-state index in [2.05, 4.69) is 10.2 Å². The third-order valence-electron chi connectivity index (χ3n) is 3.79.